The second-order valence-corrected chi connectivity index (χ2v) is 20.6. The average molecular weight is 833 g/mol. The molecule has 1 saturated carbocycles. The van der Waals surface area contributed by atoms with Crippen molar-refractivity contribution in [3.8, 4) is 0 Å². The van der Waals surface area contributed by atoms with Gasteiger partial charge in [0.2, 0.25) is 27.6 Å². The number of carbonyl (C=O) groups is 5. The Morgan fingerprint density at radius 3 is 2.23 bits per heavy atom. The van der Waals surface area contributed by atoms with Gasteiger partial charge in [-0.15, -0.1) is 5.10 Å². The number of hydrogen-bond acceptors (Lipinski definition) is 12. The number of likely N-dealkylation sites (tertiary alicyclic amines) is 1. The Bertz CT molecular complexity index is 2070. The first-order chi connectivity index (χ1) is 26.8. The normalized spacial score (nSPS) is 23.5. The molecule has 1 aliphatic carbocycles. The molecule has 2 aromatic rings. The van der Waals surface area contributed by atoms with Crippen molar-refractivity contribution in [1.29, 1.82) is 0 Å². The Hall–Kier alpha value is -4.27. The van der Waals surface area contributed by atoms with Crippen LogP contribution in [0, 0.1) is 5.92 Å². The van der Waals surface area contributed by atoms with E-state index in [0.717, 1.165) is 44.9 Å². The first-order valence-electron chi connectivity index (χ1n) is 19.5. The lowest BCUT2D eigenvalue weighted by atomic mass is 9.84. The SMILES string of the molecule is CC(C)(O)c1cnnn1[C@H]1C[C@@H](C(=O)NC2(C(=O)C(N)=O)CCS(=O)(=O)CC2)N(C(=O)[C@@H](CC2CCCCC2)NC(=O)c2ccc(S(=O)(=O)N3CCCC3)cc2)C1. The third-order valence-corrected chi connectivity index (χ3v) is 15.4. The molecule has 0 bridgehead atoms. The second-order valence-electron chi connectivity index (χ2n) is 16.3. The van der Waals surface area contributed by atoms with Crippen LogP contribution < -0.4 is 16.4 Å². The standard InChI is InChI=1S/C37H52N8O10S2/c1-36(2,51)30-22-39-42-45(30)26-21-29(34(49)41-37(31(46)32(38)47)14-18-56(52,53)19-15-37)44(23-26)35(50)28(20-24-8-4-3-5-9-24)40-33(48)25-10-12-27(13-11-25)57(54,55)43-16-6-7-17-43/h10-13,22,24,26,28-29,51H,3-9,14-21,23H2,1-2H3,(H2,38,47)(H,40,48)(H,41,49)/t26-,28+,29-/m0/s1. The van der Waals surface area contributed by atoms with Gasteiger partial charge in [-0.25, -0.2) is 21.5 Å². The molecule has 3 atom stereocenters. The highest BCUT2D eigenvalue weighted by Gasteiger charge is 2.51. The maximum absolute atomic E-state index is 14.9. The lowest BCUT2D eigenvalue weighted by Gasteiger charge is -2.37. The Labute approximate surface area is 332 Å². The molecule has 3 aliphatic heterocycles. The number of aromatic nitrogens is 3. The van der Waals surface area contributed by atoms with Crippen LogP contribution >= 0.6 is 0 Å². The maximum Gasteiger partial charge on any atom is 0.287 e. The van der Waals surface area contributed by atoms with Gasteiger partial charge in [0.05, 0.1) is 34.3 Å². The molecule has 1 aromatic heterocycles. The van der Waals surface area contributed by atoms with Crippen molar-refractivity contribution in [3.05, 3.63) is 41.7 Å². The van der Waals surface area contributed by atoms with Crippen molar-refractivity contribution >= 4 is 49.3 Å². The lowest BCUT2D eigenvalue weighted by molar-refractivity contribution is -0.145. The molecule has 4 fully saturated rings. The summed E-state index contributed by atoms with van der Waals surface area (Å²) in [5, 5.41) is 24.5. The van der Waals surface area contributed by atoms with Crippen LogP contribution in [0.3, 0.4) is 0 Å². The van der Waals surface area contributed by atoms with Crippen LogP contribution in [0.1, 0.15) is 107 Å². The van der Waals surface area contributed by atoms with Gasteiger partial charge in [-0.05, 0) is 76.1 Å². The molecule has 3 saturated heterocycles. The molecule has 20 heteroatoms. The summed E-state index contributed by atoms with van der Waals surface area (Å²) in [5.74, 6) is -5.43. The highest BCUT2D eigenvalue weighted by atomic mass is 32.2. The monoisotopic (exact) mass is 832 g/mol. The molecule has 57 heavy (non-hydrogen) atoms. The molecular weight excluding hydrogens is 781 g/mol. The summed E-state index contributed by atoms with van der Waals surface area (Å²) < 4.78 is 53.8. The summed E-state index contributed by atoms with van der Waals surface area (Å²) in [4.78, 5) is 69.9. The fourth-order valence-corrected chi connectivity index (χ4v) is 11.6. The number of nitrogens with zero attached hydrogens (tertiary/aromatic N) is 5. The number of Topliss-reactive ketones (excluding diaryl/α,β-unsaturated/α-hetero) is 1. The summed E-state index contributed by atoms with van der Waals surface area (Å²) in [6.07, 6.45) is 6.89. The molecule has 18 nitrogen and oxygen atoms in total. The van der Waals surface area contributed by atoms with Gasteiger partial charge >= 0.3 is 0 Å². The number of ketones is 1. The number of nitrogens with two attached hydrogens (primary N) is 1. The topological polar surface area (TPSA) is 261 Å². The van der Waals surface area contributed by atoms with Crippen molar-refractivity contribution in [2.24, 2.45) is 11.7 Å². The van der Waals surface area contributed by atoms with E-state index in [9.17, 15) is 45.9 Å². The van der Waals surface area contributed by atoms with Gasteiger partial charge in [0, 0.05) is 31.6 Å². The Morgan fingerprint density at radius 2 is 1.63 bits per heavy atom. The quantitative estimate of drug-likeness (QED) is 0.199. The molecule has 6 rings (SSSR count). The van der Waals surface area contributed by atoms with E-state index in [0.29, 0.717) is 18.8 Å². The van der Waals surface area contributed by atoms with E-state index in [4.69, 9.17) is 5.73 Å². The molecule has 4 heterocycles. The number of primary amides is 1. The summed E-state index contributed by atoms with van der Waals surface area (Å²) in [5.41, 5.74) is 2.48. The summed E-state index contributed by atoms with van der Waals surface area (Å²) in [6, 6.07) is 2.38. The van der Waals surface area contributed by atoms with Crippen LogP contribution in [-0.2, 0) is 44.6 Å². The predicted molar refractivity (Wildman–Crippen MR) is 204 cm³/mol. The Balaban J connectivity index is 1.31. The van der Waals surface area contributed by atoms with Crippen LogP contribution in [0.25, 0.3) is 0 Å². The van der Waals surface area contributed by atoms with Crippen LogP contribution in [0.5, 0.6) is 0 Å². The Kier molecular flexibility index (Phi) is 12.3. The molecule has 4 aliphatic rings. The van der Waals surface area contributed by atoms with E-state index in [1.54, 1.807) is 0 Å². The number of nitrogens with one attached hydrogen (secondary N) is 2. The van der Waals surface area contributed by atoms with E-state index in [-0.39, 0.29) is 35.8 Å². The zero-order valence-electron chi connectivity index (χ0n) is 32.3. The third-order valence-electron chi connectivity index (χ3n) is 11.8. The molecule has 0 spiro atoms. The number of hydrogen-bond donors (Lipinski definition) is 4. The highest BCUT2D eigenvalue weighted by Crippen LogP contribution is 2.35. The number of rotatable bonds is 13. The van der Waals surface area contributed by atoms with Gasteiger partial charge in [-0.2, -0.15) is 4.31 Å². The van der Waals surface area contributed by atoms with Crippen LogP contribution in [0.2, 0.25) is 0 Å². The van der Waals surface area contributed by atoms with E-state index < -0.39 is 103 Å². The van der Waals surface area contributed by atoms with Gasteiger partial charge in [0.15, 0.2) is 9.84 Å². The Morgan fingerprint density at radius 1 is 1.00 bits per heavy atom. The van der Waals surface area contributed by atoms with E-state index in [1.165, 1.54) is 58.2 Å². The van der Waals surface area contributed by atoms with Gasteiger partial charge < -0.3 is 26.4 Å². The highest BCUT2D eigenvalue weighted by molar-refractivity contribution is 7.91. The number of sulfonamides is 1. The van der Waals surface area contributed by atoms with Crippen molar-refractivity contribution in [2.45, 2.75) is 119 Å². The molecule has 0 radical (unpaired) electrons. The first kappa shape index (κ1) is 42.3. The third kappa shape index (κ3) is 9.23. The van der Waals surface area contributed by atoms with Gasteiger partial charge in [0.1, 0.15) is 23.2 Å². The second kappa shape index (κ2) is 16.5. The fraction of sp³-hybridized carbons (Fsp3) is 0.649. The van der Waals surface area contributed by atoms with Crippen molar-refractivity contribution < 1.29 is 45.9 Å². The molecule has 0 unspecified atom stereocenters. The smallest absolute Gasteiger partial charge is 0.287 e. The molecular formula is C37H52N8O10S2. The molecule has 5 N–H and O–H groups in total. The summed E-state index contributed by atoms with van der Waals surface area (Å²) in [6.45, 7) is 3.79. The minimum absolute atomic E-state index is 0.0504. The predicted octanol–water partition coefficient (Wildman–Crippen LogP) is 0.319. The average Bonchev–Trinajstić information content (AvgIpc) is 3.97. The zero-order chi connectivity index (χ0) is 41.3. The number of benzene rings is 1. The minimum atomic E-state index is -3.73. The lowest BCUT2D eigenvalue weighted by Crippen LogP contribution is -2.64. The molecule has 1 aromatic carbocycles. The van der Waals surface area contributed by atoms with E-state index in [2.05, 4.69) is 20.9 Å². The number of carbonyl (C=O) groups excluding carboxylic acids is 5. The van der Waals surface area contributed by atoms with E-state index >= 15 is 0 Å². The molecule has 312 valence electrons. The zero-order valence-corrected chi connectivity index (χ0v) is 33.9. The minimum Gasteiger partial charge on any atom is -0.384 e. The fourth-order valence-electron chi connectivity index (χ4n) is 8.56. The maximum atomic E-state index is 14.9. The van der Waals surface area contributed by atoms with Gasteiger partial charge in [-0.3, -0.25) is 24.0 Å². The van der Waals surface area contributed by atoms with Crippen molar-refractivity contribution in [2.75, 3.05) is 31.1 Å². The van der Waals surface area contributed by atoms with Crippen LogP contribution in [-0.4, -0.2) is 124 Å². The van der Waals surface area contributed by atoms with E-state index in [1.807, 2.05) is 0 Å². The van der Waals surface area contributed by atoms with Crippen molar-refractivity contribution in [1.82, 2.24) is 34.8 Å². The number of amides is 4. The van der Waals surface area contributed by atoms with Gasteiger partial charge in [0.25, 0.3) is 11.8 Å². The first-order valence-corrected chi connectivity index (χ1v) is 22.8. The largest absolute Gasteiger partial charge is 0.384 e. The van der Waals surface area contributed by atoms with Crippen LogP contribution in [0.15, 0.2) is 35.4 Å². The summed E-state index contributed by atoms with van der Waals surface area (Å²) in [7, 11) is -7.29. The van der Waals surface area contributed by atoms with Gasteiger partial charge in [-0.1, -0.05) is 37.3 Å². The summed E-state index contributed by atoms with van der Waals surface area (Å²) >= 11 is 0. The molecule has 4 amide bonds. The number of sulfone groups is 1. The number of aliphatic hydroxyl groups is 1. The van der Waals surface area contributed by atoms with Crippen LogP contribution in [0.4, 0.5) is 0 Å². The van der Waals surface area contributed by atoms with Crippen molar-refractivity contribution in [3.63, 3.8) is 0 Å².